The summed E-state index contributed by atoms with van der Waals surface area (Å²) in [5.74, 6) is 0.869. The lowest BCUT2D eigenvalue weighted by Gasteiger charge is -2.20. The Bertz CT molecular complexity index is 369. The van der Waals surface area contributed by atoms with Crippen LogP contribution in [0.4, 0.5) is 0 Å². The monoisotopic (exact) mass is 264 g/mol. The van der Waals surface area contributed by atoms with Crippen molar-refractivity contribution in [3.63, 3.8) is 0 Å². The fraction of sp³-hybridized carbons (Fsp3) is 0.467. The van der Waals surface area contributed by atoms with E-state index < -0.39 is 0 Å². The Kier molecular flexibility index (Phi) is 7.89. The minimum atomic E-state index is 0.535. The number of rotatable bonds is 10. The van der Waals surface area contributed by atoms with Crippen molar-refractivity contribution in [3.8, 4) is 5.75 Å². The largest absolute Gasteiger partial charge is 0.492 e. The van der Waals surface area contributed by atoms with Crippen LogP contribution in [-0.4, -0.2) is 44.9 Å². The van der Waals surface area contributed by atoms with Gasteiger partial charge in [0.05, 0.1) is 6.61 Å². The molecule has 0 saturated heterocycles. The van der Waals surface area contributed by atoms with Crippen molar-refractivity contribution in [1.82, 2.24) is 4.90 Å². The lowest BCUT2D eigenvalue weighted by molar-refractivity contribution is 0.142. The zero-order valence-corrected chi connectivity index (χ0v) is 11.7. The smallest absolute Gasteiger partial charge is 0.119 e. The van der Waals surface area contributed by atoms with Crippen LogP contribution in [0.3, 0.4) is 0 Å². The summed E-state index contributed by atoms with van der Waals surface area (Å²) in [6.45, 7) is 8.23. The van der Waals surface area contributed by atoms with Gasteiger partial charge in [0.1, 0.15) is 12.4 Å². The summed E-state index contributed by atoms with van der Waals surface area (Å²) in [6, 6.07) is 7.89. The molecule has 0 bridgehead atoms. The van der Waals surface area contributed by atoms with Crippen LogP contribution in [0, 0.1) is 0 Å². The molecule has 4 nitrogen and oxygen atoms in total. The summed E-state index contributed by atoms with van der Waals surface area (Å²) < 4.78 is 10.8. The molecule has 0 aliphatic rings. The number of nitrogens with two attached hydrogens (primary N) is 1. The predicted molar refractivity (Wildman–Crippen MR) is 78.3 cm³/mol. The van der Waals surface area contributed by atoms with Crippen LogP contribution < -0.4 is 10.5 Å². The van der Waals surface area contributed by atoms with Gasteiger partial charge in [-0.3, -0.25) is 4.90 Å². The molecule has 106 valence electrons. The molecule has 0 radical (unpaired) electrons. The Labute approximate surface area is 115 Å². The maximum absolute atomic E-state index is 5.73. The van der Waals surface area contributed by atoms with Crippen LogP contribution in [0.5, 0.6) is 5.75 Å². The third-order valence-electron chi connectivity index (χ3n) is 2.81. The minimum Gasteiger partial charge on any atom is -0.492 e. The van der Waals surface area contributed by atoms with Crippen molar-refractivity contribution >= 4 is 0 Å². The van der Waals surface area contributed by atoms with Gasteiger partial charge >= 0.3 is 0 Å². The maximum Gasteiger partial charge on any atom is 0.119 e. The second-order valence-corrected chi connectivity index (χ2v) is 4.28. The second-order valence-electron chi connectivity index (χ2n) is 4.28. The van der Waals surface area contributed by atoms with Crippen LogP contribution in [-0.2, 0) is 11.3 Å². The van der Waals surface area contributed by atoms with Gasteiger partial charge in [-0.1, -0.05) is 18.2 Å². The first-order valence-corrected chi connectivity index (χ1v) is 6.54. The number of hydrogen-bond donors (Lipinski definition) is 1. The molecule has 0 unspecified atom stereocenters. The zero-order chi connectivity index (χ0) is 13.9. The second kappa shape index (κ2) is 9.55. The molecule has 19 heavy (non-hydrogen) atoms. The topological polar surface area (TPSA) is 47.7 Å². The van der Waals surface area contributed by atoms with Gasteiger partial charge in [0.2, 0.25) is 0 Å². The lowest BCUT2D eigenvalue weighted by Crippen LogP contribution is -2.31. The van der Waals surface area contributed by atoms with E-state index in [-0.39, 0.29) is 0 Å². The Hall–Kier alpha value is -1.36. The zero-order valence-electron chi connectivity index (χ0n) is 11.7. The van der Waals surface area contributed by atoms with E-state index in [1.54, 1.807) is 7.11 Å². The molecule has 0 heterocycles. The molecule has 1 aromatic carbocycles. The average molecular weight is 264 g/mol. The van der Waals surface area contributed by atoms with Crippen molar-refractivity contribution in [2.45, 2.75) is 6.54 Å². The Balaban J connectivity index is 2.35. The molecule has 0 aliphatic heterocycles. The van der Waals surface area contributed by atoms with E-state index in [2.05, 4.69) is 11.5 Å². The van der Waals surface area contributed by atoms with Gasteiger partial charge in [0, 0.05) is 33.3 Å². The molecule has 1 rings (SSSR count). The highest BCUT2D eigenvalue weighted by molar-refractivity contribution is 5.28. The van der Waals surface area contributed by atoms with E-state index >= 15 is 0 Å². The van der Waals surface area contributed by atoms with Crippen molar-refractivity contribution in [3.05, 3.63) is 42.5 Å². The molecule has 0 amide bonds. The Morgan fingerprint density at radius 3 is 2.79 bits per heavy atom. The highest BCUT2D eigenvalue weighted by Crippen LogP contribution is 2.12. The average Bonchev–Trinajstić information content (AvgIpc) is 2.45. The normalized spacial score (nSPS) is 10.7. The molecule has 0 aliphatic carbocycles. The molecule has 0 saturated carbocycles. The fourth-order valence-corrected chi connectivity index (χ4v) is 1.75. The first-order chi connectivity index (χ1) is 9.30. The van der Waals surface area contributed by atoms with Crippen LogP contribution in [0.2, 0.25) is 0 Å². The van der Waals surface area contributed by atoms with E-state index in [0.29, 0.717) is 13.2 Å². The van der Waals surface area contributed by atoms with Crippen molar-refractivity contribution in [2.75, 3.05) is 40.0 Å². The van der Waals surface area contributed by atoms with Crippen LogP contribution in [0.1, 0.15) is 5.56 Å². The first-order valence-electron chi connectivity index (χ1n) is 6.54. The van der Waals surface area contributed by atoms with Gasteiger partial charge < -0.3 is 15.2 Å². The molecule has 4 heteroatoms. The van der Waals surface area contributed by atoms with Gasteiger partial charge in [-0.15, -0.1) is 6.58 Å². The molecule has 0 aromatic heterocycles. The van der Waals surface area contributed by atoms with E-state index in [9.17, 15) is 0 Å². The van der Waals surface area contributed by atoms with E-state index in [0.717, 1.165) is 37.6 Å². The summed E-state index contributed by atoms with van der Waals surface area (Å²) >= 11 is 0. The number of hydrogen-bond acceptors (Lipinski definition) is 4. The van der Waals surface area contributed by atoms with Crippen molar-refractivity contribution in [1.29, 1.82) is 0 Å². The van der Waals surface area contributed by atoms with Crippen LogP contribution in [0.25, 0.3) is 0 Å². The Morgan fingerprint density at radius 2 is 2.11 bits per heavy atom. The van der Waals surface area contributed by atoms with Crippen LogP contribution >= 0.6 is 0 Å². The molecular formula is C15H24N2O2. The number of benzene rings is 1. The van der Waals surface area contributed by atoms with Gasteiger partial charge in [-0.25, -0.2) is 0 Å². The molecule has 0 atom stereocenters. The van der Waals surface area contributed by atoms with Gasteiger partial charge in [0.15, 0.2) is 0 Å². The summed E-state index contributed by atoms with van der Waals surface area (Å²) in [7, 11) is 1.71. The van der Waals surface area contributed by atoms with Crippen molar-refractivity contribution in [2.24, 2.45) is 5.73 Å². The van der Waals surface area contributed by atoms with Gasteiger partial charge in [-0.2, -0.15) is 0 Å². The summed E-state index contributed by atoms with van der Waals surface area (Å²) in [6.07, 6.45) is 1.89. The quantitative estimate of drug-likeness (QED) is 0.653. The van der Waals surface area contributed by atoms with E-state index in [1.807, 2.05) is 30.3 Å². The maximum atomic E-state index is 5.73. The summed E-state index contributed by atoms with van der Waals surface area (Å²) in [5, 5.41) is 0. The number of nitrogens with zero attached hydrogens (tertiary/aromatic N) is 1. The predicted octanol–water partition coefficient (Wildman–Crippen LogP) is 1.66. The van der Waals surface area contributed by atoms with E-state index in [1.165, 1.54) is 0 Å². The first kappa shape index (κ1) is 15.7. The third-order valence-corrected chi connectivity index (χ3v) is 2.81. The van der Waals surface area contributed by atoms with Gasteiger partial charge in [0.25, 0.3) is 0 Å². The van der Waals surface area contributed by atoms with E-state index in [4.69, 9.17) is 15.2 Å². The van der Waals surface area contributed by atoms with Gasteiger partial charge in [-0.05, 0) is 17.7 Å². The highest BCUT2D eigenvalue weighted by atomic mass is 16.5. The molecule has 0 spiro atoms. The lowest BCUT2D eigenvalue weighted by atomic mass is 10.2. The number of methoxy groups -OCH3 is 1. The van der Waals surface area contributed by atoms with Crippen LogP contribution in [0.15, 0.2) is 36.9 Å². The fourth-order valence-electron chi connectivity index (χ4n) is 1.75. The minimum absolute atomic E-state index is 0.535. The Morgan fingerprint density at radius 1 is 1.32 bits per heavy atom. The molecule has 2 N–H and O–H groups in total. The highest BCUT2D eigenvalue weighted by Gasteiger charge is 2.03. The third kappa shape index (κ3) is 6.38. The molecular weight excluding hydrogens is 240 g/mol. The summed E-state index contributed by atoms with van der Waals surface area (Å²) in [5.41, 5.74) is 6.68. The molecule has 1 aromatic rings. The SMILES string of the molecule is C=CCN(CCOC)CCOc1cccc(CN)c1. The van der Waals surface area contributed by atoms with Crippen molar-refractivity contribution < 1.29 is 9.47 Å². The summed E-state index contributed by atoms with van der Waals surface area (Å²) in [4.78, 5) is 2.24. The molecule has 0 fully saturated rings. The number of ether oxygens (including phenoxy) is 2. The standard InChI is InChI=1S/C15H24N2O2/c1-3-7-17(8-10-18-2)9-11-19-15-6-4-5-14(12-15)13-16/h3-6,12H,1,7-11,13,16H2,2H3.